The second-order valence-electron chi connectivity index (χ2n) is 2.60. The van der Waals surface area contributed by atoms with Crippen molar-refractivity contribution >= 4 is 5.97 Å². The van der Waals surface area contributed by atoms with Gasteiger partial charge in [0.2, 0.25) is 5.82 Å². The van der Waals surface area contributed by atoms with Crippen molar-refractivity contribution in [1.82, 2.24) is 0 Å². The number of benzene rings is 1. The van der Waals surface area contributed by atoms with Crippen LogP contribution < -0.4 is 0 Å². The molecule has 1 aromatic rings. The highest BCUT2D eigenvalue weighted by Gasteiger charge is 2.18. The van der Waals surface area contributed by atoms with Gasteiger partial charge in [-0.2, -0.15) is 4.39 Å². The SMILES string of the molecule is O=C(O)Cc1cc(F)c(O)c(F)c1O. The van der Waals surface area contributed by atoms with E-state index in [0.29, 0.717) is 6.07 Å². The van der Waals surface area contributed by atoms with E-state index in [1.165, 1.54) is 0 Å². The Hall–Kier alpha value is -1.85. The summed E-state index contributed by atoms with van der Waals surface area (Å²) in [5.74, 6) is -6.58. The highest BCUT2D eigenvalue weighted by molar-refractivity contribution is 5.71. The summed E-state index contributed by atoms with van der Waals surface area (Å²) >= 11 is 0. The van der Waals surface area contributed by atoms with Crippen molar-refractivity contribution in [1.29, 1.82) is 0 Å². The first-order chi connectivity index (χ1) is 6.43. The lowest BCUT2D eigenvalue weighted by molar-refractivity contribution is -0.136. The van der Waals surface area contributed by atoms with Crippen LogP contribution >= 0.6 is 0 Å². The Morgan fingerprint density at radius 3 is 2.36 bits per heavy atom. The van der Waals surface area contributed by atoms with Gasteiger partial charge in [-0.15, -0.1) is 0 Å². The van der Waals surface area contributed by atoms with Gasteiger partial charge in [0.05, 0.1) is 6.42 Å². The molecule has 1 aromatic carbocycles. The zero-order valence-corrected chi connectivity index (χ0v) is 6.79. The molecule has 0 aromatic heterocycles. The first kappa shape index (κ1) is 10.2. The molecule has 0 saturated heterocycles. The summed E-state index contributed by atoms with van der Waals surface area (Å²) in [5, 5.41) is 26.0. The molecule has 14 heavy (non-hydrogen) atoms. The van der Waals surface area contributed by atoms with Gasteiger partial charge in [0.1, 0.15) is 0 Å². The number of phenols is 2. The number of carbonyl (C=O) groups is 1. The average Bonchev–Trinajstić information content (AvgIpc) is 2.10. The van der Waals surface area contributed by atoms with E-state index in [1.807, 2.05) is 0 Å². The van der Waals surface area contributed by atoms with Crippen molar-refractivity contribution in [2.24, 2.45) is 0 Å². The molecule has 4 nitrogen and oxygen atoms in total. The molecule has 0 amide bonds. The Kier molecular flexibility index (Phi) is 2.55. The molecule has 0 fully saturated rings. The van der Waals surface area contributed by atoms with Crippen LogP contribution in [0.5, 0.6) is 11.5 Å². The topological polar surface area (TPSA) is 77.8 Å². The minimum absolute atomic E-state index is 0.426. The van der Waals surface area contributed by atoms with Crippen LogP contribution in [0.3, 0.4) is 0 Å². The summed E-state index contributed by atoms with van der Waals surface area (Å²) in [5.41, 5.74) is -0.426. The summed E-state index contributed by atoms with van der Waals surface area (Å²) in [7, 11) is 0. The number of phenolic OH excluding ortho intramolecular Hbond substituents is 2. The van der Waals surface area contributed by atoms with Gasteiger partial charge in [0.25, 0.3) is 0 Å². The second kappa shape index (κ2) is 3.49. The second-order valence-corrected chi connectivity index (χ2v) is 2.60. The number of hydrogen-bond donors (Lipinski definition) is 3. The van der Waals surface area contributed by atoms with Gasteiger partial charge >= 0.3 is 5.97 Å². The van der Waals surface area contributed by atoms with Crippen LogP contribution in [-0.2, 0) is 11.2 Å². The van der Waals surface area contributed by atoms with Gasteiger partial charge in [-0.3, -0.25) is 4.79 Å². The van der Waals surface area contributed by atoms with E-state index in [0.717, 1.165) is 0 Å². The van der Waals surface area contributed by atoms with E-state index in [1.54, 1.807) is 0 Å². The summed E-state index contributed by atoms with van der Waals surface area (Å²) < 4.78 is 25.4. The Morgan fingerprint density at radius 2 is 1.86 bits per heavy atom. The number of hydrogen-bond acceptors (Lipinski definition) is 3. The van der Waals surface area contributed by atoms with Gasteiger partial charge in [-0.25, -0.2) is 4.39 Å². The minimum Gasteiger partial charge on any atom is -0.505 e. The first-order valence-corrected chi connectivity index (χ1v) is 3.54. The Labute approximate surface area is 77.0 Å². The maximum atomic E-state index is 12.8. The van der Waals surface area contributed by atoms with Gasteiger partial charge in [0.15, 0.2) is 17.3 Å². The van der Waals surface area contributed by atoms with E-state index in [9.17, 15) is 13.6 Å². The van der Waals surface area contributed by atoms with Gasteiger partial charge in [-0.05, 0) is 6.07 Å². The molecular weight excluding hydrogens is 198 g/mol. The van der Waals surface area contributed by atoms with E-state index >= 15 is 0 Å². The number of halogens is 2. The van der Waals surface area contributed by atoms with Crippen LogP contribution in [0.1, 0.15) is 5.56 Å². The molecule has 0 unspecified atom stereocenters. The van der Waals surface area contributed by atoms with E-state index < -0.39 is 41.1 Å². The summed E-state index contributed by atoms with van der Waals surface area (Å²) in [4.78, 5) is 10.2. The number of aromatic hydroxyl groups is 2. The molecular formula is C8H6F2O4. The smallest absolute Gasteiger partial charge is 0.307 e. The molecule has 0 radical (unpaired) electrons. The average molecular weight is 204 g/mol. The van der Waals surface area contributed by atoms with Crippen molar-refractivity contribution in [3.05, 3.63) is 23.3 Å². The van der Waals surface area contributed by atoms with Gasteiger partial charge in [-0.1, -0.05) is 0 Å². The van der Waals surface area contributed by atoms with E-state index in [2.05, 4.69) is 0 Å². The molecule has 0 spiro atoms. The van der Waals surface area contributed by atoms with Crippen molar-refractivity contribution in [2.75, 3.05) is 0 Å². The van der Waals surface area contributed by atoms with Crippen LogP contribution in [0.2, 0.25) is 0 Å². The van der Waals surface area contributed by atoms with Crippen molar-refractivity contribution in [3.8, 4) is 11.5 Å². The molecule has 76 valence electrons. The zero-order valence-electron chi connectivity index (χ0n) is 6.79. The third-order valence-electron chi connectivity index (χ3n) is 1.59. The zero-order chi connectivity index (χ0) is 10.9. The maximum Gasteiger partial charge on any atom is 0.307 e. The number of carboxylic acids is 1. The van der Waals surface area contributed by atoms with Crippen LogP contribution in [0.4, 0.5) is 8.78 Å². The highest BCUT2D eigenvalue weighted by Crippen LogP contribution is 2.31. The number of carboxylic acid groups (broad SMARTS) is 1. The summed E-state index contributed by atoms with van der Waals surface area (Å²) in [6.07, 6.45) is -0.722. The molecule has 0 heterocycles. The summed E-state index contributed by atoms with van der Waals surface area (Å²) in [6, 6.07) is 0.571. The van der Waals surface area contributed by atoms with E-state index in [-0.39, 0.29) is 0 Å². The first-order valence-electron chi connectivity index (χ1n) is 3.54. The molecule has 0 aliphatic rings. The van der Waals surface area contributed by atoms with Crippen LogP contribution in [0, 0.1) is 11.6 Å². The lowest BCUT2D eigenvalue weighted by Gasteiger charge is -2.05. The Bertz CT molecular complexity index is 389. The molecule has 3 N–H and O–H groups in total. The Morgan fingerprint density at radius 1 is 1.29 bits per heavy atom. The van der Waals surface area contributed by atoms with E-state index in [4.69, 9.17) is 15.3 Å². The largest absolute Gasteiger partial charge is 0.505 e. The van der Waals surface area contributed by atoms with Gasteiger partial charge < -0.3 is 15.3 Å². The molecule has 0 saturated carbocycles. The van der Waals surface area contributed by atoms with Crippen LogP contribution in [-0.4, -0.2) is 21.3 Å². The van der Waals surface area contributed by atoms with Crippen molar-refractivity contribution in [3.63, 3.8) is 0 Å². The van der Waals surface area contributed by atoms with Crippen molar-refractivity contribution in [2.45, 2.75) is 6.42 Å². The van der Waals surface area contributed by atoms with Crippen LogP contribution in [0.25, 0.3) is 0 Å². The minimum atomic E-state index is -1.55. The normalized spacial score (nSPS) is 10.1. The quantitative estimate of drug-likeness (QED) is 0.671. The predicted octanol–water partition coefficient (Wildman–Crippen LogP) is 1.00. The molecule has 0 aliphatic carbocycles. The highest BCUT2D eigenvalue weighted by atomic mass is 19.1. The maximum absolute atomic E-state index is 12.8. The standard InChI is InChI=1S/C8H6F2O4/c9-4-1-3(2-5(11)12)7(13)6(10)8(4)14/h1,13-14H,2H2,(H,11,12). The number of aliphatic carboxylic acids is 1. The fourth-order valence-electron chi connectivity index (χ4n) is 0.945. The fraction of sp³-hybridized carbons (Fsp3) is 0.125. The fourth-order valence-corrected chi connectivity index (χ4v) is 0.945. The summed E-state index contributed by atoms with van der Waals surface area (Å²) in [6.45, 7) is 0. The molecule has 0 bridgehead atoms. The van der Waals surface area contributed by atoms with Crippen LogP contribution in [0.15, 0.2) is 6.07 Å². The molecule has 0 atom stereocenters. The predicted molar refractivity (Wildman–Crippen MR) is 41.0 cm³/mol. The molecule has 0 aliphatic heterocycles. The lowest BCUT2D eigenvalue weighted by Crippen LogP contribution is -2.02. The van der Waals surface area contributed by atoms with Gasteiger partial charge in [0, 0.05) is 5.56 Å². The third kappa shape index (κ3) is 1.73. The number of rotatable bonds is 2. The molecule has 1 rings (SSSR count). The molecule has 6 heteroatoms. The Balaban J connectivity index is 3.25. The van der Waals surface area contributed by atoms with Crippen molar-refractivity contribution < 1.29 is 28.9 Å². The third-order valence-corrected chi connectivity index (χ3v) is 1.59. The lowest BCUT2D eigenvalue weighted by atomic mass is 10.1. The monoisotopic (exact) mass is 204 g/mol.